The Morgan fingerprint density at radius 1 is 1.07 bits per heavy atom. The molecule has 28 heavy (non-hydrogen) atoms. The topological polar surface area (TPSA) is 72.9 Å². The third-order valence-electron chi connectivity index (χ3n) is 4.02. The van der Waals surface area contributed by atoms with Gasteiger partial charge in [0.15, 0.2) is 0 Å². The van der Waals surface area contributed by atoms with Gasteiger partial charge in [0.25, 0.3) is 3.79 Å². The van der Waals surface area contributed by atoms with Crippen molar-refractivity contribution in [2.75, 3.05) is 20.8 Å². The number of hydrogen-bond donors (Lipinski definition) is 0. The number of ketones is 1. The quantitative estimate of drug-likeness (QED) is 0.506. The Labute approximate surface area is 177 Å². The Balaban J connectivity index is 2.72. The van der Waals surface area contributed by atoms with Gasteiger partial charge in [0.2, 0.25) is 5.78 Å². The molecule has 1 aliphatic rings. The van der Waals surface area contributed by atoms with Crippen LogP contribution in [0.15, 0.2) is 47.8 Å². The number of methoxy groups -OCH3 is 1. The van der Waals surface area contributed by atoms with E-state index >= 15 is 0 Å². The van der Waals surface area contributed by atoms with Crippen LogP contribution < -0.4 is 0 Å². The maximum Gasteiger partial charge on any atom is 0.338 e. The van der Waals surface area contributed by atoms with E-state index < -0.39 is 27.4 Å². The molecule has 1 aromatic carbocycles. The maximum atomic E-state index is 12.8. The van der Waals surface area contributed by atoms with Gasteiger partial charge < -0.3 is 14.4 Å². The van der Waals surface area contributed by atoms with Crippen molar-refractivity contribution in [3.63, 3.8) is 0 Å². The smallest absolute Gasteiger partial charge is 0.338 e. The van der Waals surface area contributed by atoms with Crippen LogP contribution in [0.5, 0.6) is 0 Å². The lowest BCUT2D eigenvalue weighted by Crippen LogP contribution is -2.32. The van der Waals surface area contributed by atoms with Crippen molar-refractivity contribution in [3.8, 4) is 0 Å². The molecule has 0 amide bonds. The summed E-state index contributed by atoms with van der Waals surface area (Å²) in [5, 5.41) is 0. The first-order valence-electron chi connectivity index (χ1n) is 8.23. The fourth-order valence-corrected chi connectivity index (χ4v) is 3.24. The third kappa shape index (κ3) is 4.69. The molecule has 0 fully saturated rings. The zero-order valence-electron chi connectivity index (χ0n) is 15.4. The first kappa shape index (κ1) is 22.3. The van der Waals surface area contributed by atoms with Crippen molar-refractivity contribution in [2.24, 2.45) is 0 Å². The second-order valence-corrected chi connectivity index (χ2v) is 8.17. The molecule has 0 N–H and O–H groups in total. The molecule has 0 aromatic heterocycles. The van der Waals surface area contributed by atoms with E-state index in [9.17, 15) is 14.4 Å². The van der Waals surface area contributed by atoms with Crippen molar-refractivity contribution in [2.45, 2.75) is 16.6 Å². The minimum absolute atomic E-state index is 0.0298. The van der Waals surface area contributed by atoms with Crippen LogP contribution in [0.1, 0.15) is 28.8 Å². The number of alkyl halides is 3. The lowest BCUT2D eigenvalue weighted by Gasteiger charge is -2.30. The number of rotatable bonds is 5. The highest BCUT2D eigenvalue weighted by atomic mass is 35.6. The Morgan fingerprint density at radius 2 is 1.68 bits per heavy atom. The number of ether oxygens (including phenoxy) is 2. The van der Waals surface area contributed by atoms with E-state index in [0.717, 1.165) is 0 Å². The van der Waals surface area contributed by atoms with Gasteiger partial charge in [0, 0.05) is 30.9 Å². The van der Waals surface area contributed by atoms with E-state index in [1.54, 1.807) is 32.2 Å². The summed E-state index contributed by atoms with van der Waals surface area (Å²) in [6.45, 7) is 1.84. The van der Waals surface area contributed by atoms with Crippen molar-refractivity contribution in [1.82, 2.24) is 4.90 Å². The van der Waals surface area contributed by atoms with Crippen molar-refractivity contribution < 1.29 is 23.9 Å². The monoisotopic (exact) mass is 445 g/mol. The summed E-state index contributed by atoms with van der Waals surface area (Å²) in [5.41, 5.74) is 0.695. The number of allylic oxidation sites excluding steroid dienone is 1. The molecule has 0 saturated carbocycles. The highest BCUT2D eigenvalue weighted by Crippen LogP contribution is 2.42. The fourth-order valence-electron chi connectivity index (χ4n) is 2.91. The van der Waals surface area contributed by atoms with Crippen LogP contribution in [0.4, 0.5) is 0 Å². The maximum absolute atomic E-state index is 12.8. The van der Waals surface area contributed by atoms with Gasteiger partial charge in [-0.15, -0.1) is 0 Å². The van der Waals surface area contributed by atoms with Gasteiger partial charge in [-0.3, -0.25) is 4.79 Å². The molecule has 0 radical (unpaired) electrons. The number of carbonyl (C=O) groups is 3. The second-order valence-electron chi connectivity index (χ2n) is 5.89. The van der Waals surface area contributed by atoms with E-state index in [4.69, 9.17) is 44.3 Å². The van der Waals surface area contributed by atoms with Gasteiger partial charge in [-0.1, -0.05) is 53.0 Å². The summed E-state index contributed by atoms with van der Waals surface area (Å²) >= 11 is 17.5. The molecule has 2 rings (SSSR count). The minimum atomic E-state index is -2.25. The molecule has 0 saturated heterocycles. The molecule has 1 aliphatic heterocycles. The predicted octanol–water partition coefficient (Wildman–Crippen LogP) is 3.77. The first-order chi connectivity index (χ1) is 13.1. The number of carbonyl (C=O) groups excluding carboxylic acids is 3. The second kappa shape index (κ2) is 8.99. The SMILES string of the molecule is CCOC(=O)c1ccccc1C1C(C(=O)OC)=CN(C)C=C1C(=O)C(Cl)(Cl)Cl. The van der Waals surface area contributed by atoms with E-state index in [1.807, 2.05) is 0 Å². The highest BCUT2D eigenvalue weighted by Gasteiger charge is 2.42. The molecule has 0 bridgehead atoms. The molecular formula is C19H18Cl3NO5. The third-order valence-corrected chi connectivity index (χ3v) is 4.53. The molecule has 0 aliphatic carbocycles. The average molecular weight is 447 g/mol. The molecule has 0 spiro atoms. The molecule has 1 heterocycles. The molecule has 1 atom stereocenters. The van der Waals surface area contributed by atoms with Crippen molar-refractivity contribution >= 4 is 52.5 Å². The first-order valence-corrected chi connectivity index (χ1v) is 9.36. The van der Waals surface area contributed by atoms with E-state index in [2.05, 4.69) is 0 Å². The van der Waals surface area contributed by atoms with Crippen LogP contribution in [0, 0.1) is 0 Å². The van der Waals surface area contributed by atoms with Gasteiger partial charge in [-0.05, 0) is 18.6 Å². The minimum Gasteiger partial charge on any atom is -0.466 e. The predicted molar refractivity (Wildman–Crippen MR) is 106 cm³/mol. The van der Waals surface area contributed by atoms with Gasteiger partial charge >= 0.3 is 11.9 Å². The Kier molecular flexibility index (Phi) is 7.15. The highest BCUT2D eigenvalue weighted by molar-refractivity contribution is 6.77. The standard InChI is InChI=1S/C19H18Cl3NO5/c1-4-28-18(26)12-8-6-5-7-11(12)15-13(16(24)19(20,21)22)9-23(2)10-14(15)17(25)27-3/h5-10,15H,4H2,1-3H3. The molecular weight excluding hydrogens is 429 g/mol. The van der Waals surface area contributed by atoms with Crippen LogP contribution in [0.3, 0.4) is 0 Å². The number of benzene rings is 1. The summed E-state index contributed by atoms with van der Waals surface area (Å²) in [6, 6.07) is 6.46. The van der Waals surface area contributed by atoms with Crippen molar-refractivity contribution in [3.05, 3.63) is 58.9 Å². The van der Waals surface area contributed by atoms with E-state index in [-0.39, 0.29) is 23.3 Å². The number of hydrogen-bond acceptors (Lipinski definition) is 6. The van der Waals surface area contributed by atoms with Gasteiger partial charge in [-0.25, -0.2) is 9.59 Å². The Bertz CT molecular complexity index is 857. The van der Waals surface area contributed by atoms with Crippen LogP contribution in [0.2, 0.25) is 0 Å². The lowest BCUT2D eigenvalue weighted by molar-refractivity contribution is -0.136. The summed E-state index contributed by atoms with van der Waals surface area (Å²) < 4.78 is 7.71. The van der Waals surface area contributed by atoms with Gasteiger partial charge in [0.05, 0.1) is 24.9 Å². The largest absolute Gasteiger partial charge is 0.466 e. The van der Waals surface area contributed by atoms with Crippen LogP contribution in [0.25, 0.3) is 0 Å². The molecule has 1 unspecified atom stereocenters. The summed E-state index contributed by atoms with van der Waals surface area (Å²) in [5.74, 6) is -3.07. The van der Waals surface area contributed by atoms with Crippen LogP contribution in [-0.2, 0) is 19.1 Å². The van der Waals surface area contributed by atoms with Gasteiger partial charge in [-0.2, -0.15) is 0 Å². The van der Waals surface area contributed by atoms with Crippen LogP contribution in [-0.4, -0.2) is 47.2 Å². The number of halogens is 3. The van der Waals surface area contributed by atoms with E-state index in [0.29, 0.717) is 5.56 Å². The Hall–Kier alpha value is -2.02. The summed E-state index contributed by atoms with van der Waals surface area (Å²) in [4.78, 5) is 39.2. The van der Waals surface area contributed by atoms with Gasteiger partial charge in [0.1, 0.15) is 0 Å². The summed E-state index contributed by atoms with van der Waals surface area (Å²) in [6.07, 6.45) is 2.94. The normalized spacial score (nSPS) is 16.8. The number of Topliss-reactive ketones (excluding diaryl/α,β-unsaturated/α-hetero) is 1. The van der Waals surface area contributed by atoms with Crippen LogP contribution >= 0.6 is 34.8 Å². The molecule has 9 heteroatoms. The molecule has 6 nitrogen and oxygen atoms in total. The number of nitrogens with zero attached hydrogens (tertiary/aromatic N) is 1. The average Bonchev–Trinajstić information content (AvgIpc) is 2.65. The molecule has 1 aromatic rings. The zero-order valence-corrected chi connectivity index (χ0v) is 17.6. The number of esters is 2. The lowest BCUT2D eigenvalue weighted by atomic mass is 9.80. The van der Waals surface area contributed by atoms with Crippen molar-refractivity contribution in [1.29, 1.82) is 0 Å². The molecule has 150 valence electrons. The zero-order chi connectivity index (χ0) is 21.1. The van der Waals surface area contributed by atoms with E-state index in [1.165, 1.54) is 30.5 Å². The Morgan fingerprint density at radius 3 is 2.25 bits per heavy atom. The summed E-state index contributed by atoms with van der Waals surface area (Å²) in [7, 11) is 2.83. The fraction of sp³-hybridized carbons (Fsp3) is 0.316.